The van der Waals surface area contributed by atoms with Crippen molar-refractivity contribution in [3.8, 4) is 0 Å². The van der Waals surface area contributed by atoms with Crippen LogP contribution in [0.3, 0.4) is 0 Å². The number of nitrogens with zero attached hydrogens (tertiary/aromatic N) is 2. The Morgan fingerprint density at radius 1 is 1.36 bits per heavy atom. The summed E-state index contributed by atoms with van der Waals surface area (Å²) in [5, 5.41) is 0. The molecule has 0 aliphatic carbocycles. The van der Waals surface area contributed by atoms with Crippen LogP contribution < -0.4 is 5.73 Å². The molecule has 14 heavy (non-hydrogen) atoms. The molecule has 0 spiro atoms. The van der Waals surface area contributed by atoms with Crippen LogP contribution in [0.5, 0.6) is 0 Å². The fraction of sp³-hybridized carbons (Fsp3) is 0.545. The molecule has 1 aromatic rings. The maximum absolute atomic E-state index is 6.13. The van der Waals surface area contributed by atoms with Crippen LogP contribution in [0.15, 0.2) is 24.4 Å². The standard InChI is InChI=1S/C11H19N3/c1-11(2,12)10(14(3)4)9-7-5-6-8-13-9/h5-8,10H,12H2,1-4H3. The topological polar surface area (TPSA) is 42.2 Å². The first-order valence-corrected chi connectivity index (χ1v) is 4.79. The van der Waals surface area contributed by atoms with Crippen LogP contribution in [0.25, 0.3) is 0 Å². The third-order valence-corrected chi connectivity index (χ3v) is 2.19. The molecule has 0 saturated heterocycles. The van der Waals surface area contributed by atoms with Crippen molar-refractivity contribution in [2.24, 2.45) is 5.73 Å². The van der Waals surface area contributed by atoms with E-state index < -0.39 is 0 Å². The number of hydrogen-bond acceptors (Lipinski definition) is 3. The molecule has 1 unspecified atom stereocenters. The lowest BCUT2D eigenvalue weighted by Crippen LogP contribution is -2.46. The van der Waals surface area contributed by atoms with Crippen LogP contribution >= 0.6 is 0 Å². The molecule has 1 atom stereocenters. The van der Waals surface area contributed by atoms with Gasteiger partial charge >= 0.3 is 0 Å². The quantitative estimate of drug-likeness (QED) is 0.789. The molecule has 0 amide bonds. The van der Waals surface area contributed by atoms with E-state index in [-0.39, 0.29) is 11.6 Å². The zero-order valence-corrected chi connectivity index (χ0v) is 9.36. The first-order valence-electron chi connectivity index (χ1n) is 4.79. The van der Waals surface area contributed by atoms with Gasteiger partial charge in [-0.15, -0.1) is 0 Å². The van der Waals surface area contributed by atoms with Crippen molar-refractivity contribution in [1.29, 1.82) is 0 Å². The lowest BCUT2D eigenvalue weighted by Gasteiger charge is -2.35. The van der Waals surface area contributed by atoms with Gasteiger partial charge in [-0.3, -0.25) is 9.88 Å². The van der Waals surface area contributed by atoms with Gasteiger partial charge < -0.3 is 5.73 Å². The van der Waals surface area contributed by atoms with Crippen LogP contribution in [-0.2, 0) is 0 Å². The van der Waals surface area contributed by atoms with Gasteiger partial charge in [-0.25, -0.2) is 0 Å². The molecule has 78 valence electrons. The van der Waals surface area contributed by atoms with E-state index >= 15 is 0 Å². The summed E-state index contributed by atoms with van der Waals surface area (Å²) in [6.07, 6.45) is 1.80. The fourth-order valence-electron chi connectivity index (χ4n) is 1.85. The molecule has 0 fully saturated rings. The molecule has 3 heteroatoms. The predicted octanol–water partition coefficient (Wildman–Crippen LogP) is 1.42. The third kappa shape index (κ3) is 2.53. The number of rotatable bonds is 3. The van der Waals surface area contributed by atoms with E-state index in [4.69, 9.17) is 5.73 Å². The molecular formula is C11H19N3. The van der Waals surface area contributed by atoms with Crippen LogP contribution in [0, 0.1) is 0 Å². The van der Waals surface area contributed by atoms with E-state index in [1.54, 1.807) is 6.20 Å². The highest BCUT2D eigenvalue weighted by Crippen LogP contribution is 2.25. The summed E-state index contributed by atoms with van der Waals surface area (Å²) in [6.45, 7) is 4.04. The van der Waals surface area contributed by atoms with Gasteiger partial charge in [-0.2, -0.15) is 0 Å². The molecule has 0 aliphatic rings. The molecule has 0 aromatic carbocycles. The highest BCUT2D eigenvalue weighted by Gasteiger charge is 2.29. The summed E-state index contributed by atoms with van der Waals surface area (Å²) in [4.78, 5) is 6.44. The second kappa shape index (κ2) is 4.07. The Morgan fingerprint density at radius 2 is 2.00 bits per heavy atom. The van der Waals surface area contributed by atoms with Crippen LogP contribution in [0.4, 0.5) is 0 Å². The van der Waals surface area contributed by atoms with Crippen LogP contribution in [-0.4, -0.2) is 29.5 Å². The smallest absolute Gasteiger partial charge is 0.0692 e. The van der Waals surface area contributed by atoms with Crippen LogP contribution in [0.1, 0.15) is 25.6 Å². The Balaban J connectivity index is 3.02. The molecule has 0 saturated carbocycles. The van der Waals surface area contributed by atoms with Gasteiger partial charge in [0.1, 0.15) is 0 Å². The largest absolute Gasteiger partial charge is 0.324 e. The van der Waals surface area contributed by atoms with Crippen molar-refractivity contribution in [1.82, 2.24) is 9.88 Å². The van der Waals surface area contributed by atoms with E-state index in [9.17, 15) is 0 Å². The van der Waals surface area contributed by atoms with E-state index in [0.29, 0.717) is 0 Å². The molecule has 1 rings (SSSR count). The Kier molecular flexibility index (Phi) is 3.24. The minimum atomic E-state index is -0.294. The van der Waals surface area contributed by atoms with Crippen molar-refractivity contribution in [3.63, 3.8) is 0 Å². The minimum absolute atomic E-state index is 0.142. The van der Waals surface area contributed by atoms with Crippen molar-refractivity contribution in [2.75, 3.05) is 14.1 Å². The van der Waals surface area contributed by atoms with Gasteiger partial charge in [0.2, 0.25) is 0 Å². The van der Waals surface area contributed by atoms with Gasteiger partial charge in [-0.1, -0.05) is 6.07 Å². The van der Waals surface area contributed by atoms with E-state index in [1.807, 2.05) is 46.1 Å². The third-order valence-electron chi connectivity index (χ3n) is 2.19. The number of pyridine rings is 1. The van der Waals surface area contributed by atoms with Gasteiger partial charge in [-0.05, 0) is 40.1 Å². The maximum Gasteiger partial charge on any atom is 0.0692 e. The molecule has 1 heterocycles. The van der Waals surface area contributed by atoms with Gasteiger partial charge in [0, 0.05) is 11.7 Å². The normalized spacial score (nSPS) is 14.4. The molecule has 3 nitrogen and oxygen atoms in total. The lowest BCUT2D eigenvalue weighted by atomic mass is 9.92. The van der Waals surface area contributed by atoms with Gasteiger partial charge in [0.25, 0.3) is 0 Å². The summed E-state index contributed by atoms with van der Waals surface area (Å²) in [5.41, 5.74) is 6.86. The maximum atomic E-state index is 6.13. The Labute approximate surface area is 85.9 Å². The first-order chi connectivity index (χ1) is 6.43. The average molecular weight is 193 g/mol. The molecule has 0 bridgehead atoms. The average Bonchev–Trinajstić information content (AvgIpc) is 2.02. The zero-order valence-electron chi connectivity index (χ0n) is 9.36. The number of likely N-dealkylation sites (N-methyl/N-ethyl adjacent to an activating group) is 1. The molecule has 0 aliphatic heterocycles. The predicted molar refractivity (Wildman–Crippen MR) is 58.9 cm³/mol. The van der Waals surface area contributed by atoms with Gasteiger partial charge in [0.15, 0.2) is 0 Å². The number of aromatic nitrogens is 1. The summed E-state index contributed by atoms with van der Waals surface area (Å²) in [5.74, 6) is 0. The summed E-state index contributed by atoms with van der Waals surface area (Å²) in [6, 6.07) is 6.06. The zero-order chi connectivity index (χ0) is 10.8. The fourth-order valence-corrected chi connectivity index (χ4v) is 1.85. The highest BCUT2D eigenvalue weighted by molar-refractivity contribution is 5.13. The number of nitrogens with two attached hydrogens (primary N) is 1. The van der Waals surface area contributed by atoms with Crippen molar-refractivity contribution < 1.29 is 0 Å². The van der Waals surface area contributed by atoms with Crippen molar-refractivity contribution >= 4 is 0 Å². The highest BCUT2D eigenvalue weighted by atomic mass is 15.1. The lowest BCUT2D eigenvalue weighted by molar-refractivity contribution is 0.200. The summed E-state index contributed by atoms with van der Waals surface area (Å²) in [7, 11) is 4.04. The molecular weight excluding hydrogens is 174 g/mol. The second-order valence-electron chi connectivity index (χ2n) is 4.44. The van der Waals surface area contributed by atoms with Crippen molar-refractivity contribution in [3.05, 3.63) is 30.1 Å². The Hall–Kier alpha value is -0.930. The van der Waals surface area contributed by atoms with E-state index in [0.717, 1.165) is 5.69 Å². The summed E-state index contributed by atoms with van der Waals surface area (Å²) < 4.78 is 0. The Morgan fingerprint density at radius 3 is 2.36 bits per heavy atom. The first kappa shape index (κ1) is 11.1. The van der Waals surface area contributed by atoms with Crippen molar-refractivity contribution in [2.45, 2.75) is 25.4 Å². The van der Waals surface area contributed by atoms with E-state index in [2.05, 4.69) is 9.88 Å². The van der Waals surface area contributed by atoms with E-state index in [1.165, 1.54) is 0 Å². The molecule has 2 N–H and O–H groups in total. The summed E-state index contributed by atoms with van der Waals surface area (Å²) >= 11 is 0. The Bertz CT molecular complexity index is 274. The number of hydrogen-bond donors (Lipinski definition) is 1. The molecule has 0 radical (unpaired) electrons. The van der Waals surface area contributed by atoms with Crippen LogP contribution in [0.2, 0.25) is 0 Å². The minimum Gasteiger partial charge on any atom is -0.324 e. The SMILES string of the molecule is CN(C)C(c1ccccn1)C(C)(C)N. The monoisotopic (exact) mass is 193 g/mol. The second-order valence-corrected chi connectivity index (χ2v) is 4.44. The van der Waals surface area contributed by atoms with Gasteiger partial charge in [0.05, 0.1) is 11.7 Å². The molecule has 1 aromatic heterocycles.